The highest BCUT2D eigenvalue weighted by molar-refractivity contribution is 6.00. The van der Waals surface area contributed by atoms with Crippen LogP contribution in [0.5, 0.6) is 0 Å². The van der Waals surface area contributed by atoms with Crippen LogP contribution in [0.2, 0.25) is 0 Å². The maximum Gasteiger partial charge on any atom is 0.161 e. The fourth-order valence-electron chi connectivity index (χ4n) is 3.29. The Kier molecular flexibility index (Phi) is 2.42. The van der Waals surface area contributed by atoms with Gasteiger partial charge in [-0.3, -0.25) is 4.79 Å². The Morgan fingerprint density at radius 1 is 1.41 bits per heavy atom. The first-order valence-electron chi connectivity index (χ1n) is 6.23. The maximum absolute atomic E-state index is 14.0. The lowest BCUT2D eigenvalue weighted by atomic mass is 10.0. The van der Waals surface area contributed by atoms with Gasteiger partial charge in [0.15, 0.2) is 5.78 Å². The minimum Gasteiger partial charge on any atom is -0.365 e. The zero-order valence-corrected chi connectivity index (χ0v) is 9.95. The molecule has 0 spiro atoms. The fourth-order valence-corrected chi connectivity index (χ4v) is 3.29. The highest BCUT2D eigenvalue weighted by Gasteiger charge is 2.39. The predicted octanol–water partition coefficient (Wildman–Crippen LogP) is 3.02. The van der Waals surface area contributed by atoms with Crippen molar-refractivity contribution in [3.8, 4) is 0 Å². The summed E-state index contributed by atoms with van der Waals surface area (Å²) in [6.07, 6.45) is 3.55. The lowest BCUT2D eigenvalue weighted by molar-refractivity contribution is 0.101. The van der Waals surface area contributed by atoms with Crippen LogP contribution in [-0.4, -0.2) is 18.4 Å². The molecule has 2 atom stereocenters. The Balaban J connectivity index is 2.05. The first-order valence-corrected chi connectivity index (χ1v) is 6.23. The third-order valence-electron chi connectivity index (χ3n) is 4.06. The van der Waals surface area contributed by atoms with E-state index in [0.717, 1.165) is 19.4 Å². The Labute approximate surface area is 100 Å². The summed E-state index contributed by atoms with van der Waals surface area (Å²) in [5.74, 6) is 0.381. The van der Waals surface area contributed by atoms with Gasteiger partial charge in [0.05, 0.1) is 5.69 Å². The number of benzene rings is 1. The number of para-hydroxylation sites is 1. The number of carbonyl (C=O) groups is 1. The van der Waals surface area contributed by atoms with Gasteiger partial charge >= 0.3 is 0 Å². The molecule has 2 aliphatic rings. The van der Waals surface area contributed by atoms with Crippen molar-refractivity contribution < 1.29 is 9.18 Å². The normalized spacial score (nSPS) is 26.6. The van der Waals surface area contributed by atoms with E-state index in [-0.39, 0.29) is 11.6 Å². The minimum absolute atomic E-state index is 0.0535. The lowest BCUT2D eigenvalue weighted by Gasteiger charge is -2.30. The van der Waals surface area contributed by atoms with Crippen LogP contribution in [0.4, 0.5) is 10.1 Å². The van der Waals surface area contributed by atoms with Gasteiger partial charge in [-0.05, 0) is 44.2 Å². The van der Waals surface area contributed by atoms with E-state index < -0.39 is 0 Å². The standard InChI is InChI=1S/C14H16FNO/c1-9(17)12-3-2-4-13(15)14(12)16-8-10-5-6-11(16)7-10/h2-4,10-11H,5-8H2,1H3. The number of piperidine rings is 1. The second-order valence-corrected chi connectivity index (χ2v) is 5.18. The molecular weight excluding hydrogens is 217 g/mol. The number of carbonyl (C=O) groups excluding carboxylic acids is 1. The smallest absolute Gasteiger partial charge is 0.161 e. The van der Waals surface area contributed by atoms with Crippen molar-refractivity contribution in [1.82, 2.24) is 0 Å². The number of ketones is 1. The Morgan fingerprint density at radius 2 is 2.24 bits per heavy atom. The summed E-state index contributed by atoms with van der Waals surface area (Å²) in [7, 11) is 0. The van der Waals surface area contributed by atoms with Crippen LogP contribution < -0.4 is 4.90 Å². The molecule has 3 rings (SSSR count). The van der Waals surface area contributed by atoms with Crippen molar-refractivity contribution in [1.29, 1.82) is 0 Å². The SMILES string of the molecule is CC(=O)c1cccc(F)c1N1CC2CCC1C2. The number of fused-ring (bicyclic) bond motifs is 2. The molecule has 0 N–H and O–H groups in total. The van der Waals surface area contributed by atoms with Crippen LogP contribution in [-0.2, 0) is 0 Å². The van der Waals surface area contributed by atoms with Crippen molar-refractivity contribution in [2.75, 3.05) is 11.4 Å². The molecule has 2 unspecified atom stereocenters. The second-order valence-electron chi connectivity index (χ2n) is 5.18. The molecule has 0 aromatic heterocycles. The summed E-state index contributed by atoms with van der Waals surface area (Å²) < 4.78 is 14.0. The van der Waals surface area contributed by atoms with Crippen LogP contribution >= 0.6 is 0 Å². The largest absolute Gasteiger partial charge is 0.365 e. The molecule has 90 valence electrons. The molecule has 3 heteroatoms. The van der Waals surface area contributed by atoms with Crippen LogP contribution in [0.3, 0.4) is 0 Å². The number of anilines is 1. The highest BCUT2D eigenvalue weighted by Crippen LogP contribution is 2.42. The summed E-state index contributed by atoms with van der Waals surface area (Å²) in [5, 5.41) is 0. The van der Waals surface area contributed by atoms with Gasteiger partial charge in [0.1, 0.15) is 5.82 Å². The Bertz CT molecular complexity index is 471. The molecule has 1 aliphatic heterocycles. The molecule has 2 nitrogen and oxygen atoms in total. The number of nitrogens with zero attached hydrogens (tertiary/aromatic N) is 1. The zero-order valence-electron chi connectivity index (χ0n) is 9.95. The van der Waals surface area contributed by atoms with E-state index in [9.17, 15) is 9.18 Å². The lowest BCUT2D eigenvalue weighted by Crippen LogP contribution is -2.33. The number of rotatable bonds is 2. The first-order chi connectivity index (χ1) is 8.16. The number of hydrogen-bond acceptors (Lipinski definition) is 2. The van der Waals surface area contributed by atoms with E-state index in [0.29, 0.717) is 23.2 Å². The van der Waals surface area contributed by atoms with E-state index >= 15 is 0 Å². The van der Waals surface area contributed by atoms with Crippen molar-refractivity contribution in [2.24, 2.45) is 5.92 Å². The summed E-state index contributed by atoms with van der Waals surface area (Å²) in [6, 6.07) is 5.24. The van der Waals surface area contributed by atoms with Gasteiger partial charge in [-0.2, -0.15) is 0 Å². The molecule has 1 aliphatic carbocycles. The molecule has 1 aromatic rings. The Morgan fingerprint density at radius 3 is 2.82 bits per heavy atom. The molecule has 17 heavy (non-hydrogen) atoms. The van der Waals surface area contributed by atoms with E-state index in [1.807, 2.05) is 0 Å². The number of hydrogen-bond donors (Lipinski definition) is 0. The van der Waals surface area contributed by atoms with Gasteiger partial charge in [0.25, 0.3) is 0 Å². The molecule has 2 fully saturated rings. The first kappa shape index (κ1) is 10.8. The van der Waals surface area contributed by atoms with Gasteiger partial charge < -0.3 is 4.90 Å². The summed E-state index contributed by atoms with van der Waals surface area (Å²) in [4.78, 5) is 13.7. The number of Topliss-reactive ketones (excluding diaryl/α,β-unsaturated/α-hetero) is 1. The Hall–Kier alpha value is -1.38. The maximum atomic E-state index is 14.0. The van der Waals surface area contributed by atoms with Crippen molar-refractivity contribution in [3.05, 3.63) is 29.6 Å². The second kappa shape index (κ2) is 3.83. The summed E-state index contributed by atoms with van der Waals surface area (Å²) in [5.41, 5.74) is 1.06. The molecule has 1 aromatic carbocycles. The fraction of sp³-hybridized carbons (Fsp3) is 0.500. The van der Waals surface area contributed by atoms with Gasteiger partial charge in [-0.25, -0.2) is 4.39 Å². The number of halogens is 1. The van der Waals surface area contributed by atoms with Gasteiger partial charge in [0, 0.05) is 18.2 Å². The van der Waals surface area contributed by atoms with Crippen molar-refractivity contribution in [3.63, 3.8) is 0 Å². The summed E-state index contributed by atoms with van der Waals surface area (Å²) >= 11 is 0. The zero-order chi connectivity index (χ0) is 12.0. The monoisotopic (exact) mass is 233 g/mol. The van der Waals surface area contributed by atoms with Crippen LogP contribution in [0.1, 0.15) is 36.5 Å². The molecule has 1 saturated heterocycles. The average molecular weight is 233 g/mol. The van der Waals surface area contributed by atoms with Gasteiger partial charge in [0.2, 0.25) is 0 Å². The van der Waals surface area contributed by atoms with Crippen LogP contribution in [0.25, 0.3) is 0 Å². The van der Waals surface area contributed by atoms with Gasteiger partial charge in [-0.1, -0.05) is 6.07 Å². The van der Waals surface area contributed by atoms with E-state index in [4.69, 9.17) is 0 Å². The van der Waals surface area contributed by atoms with Gasteiger partial charge in [-0.15, -0.1) is 0 Å². The third-order valence-corrected chi connectivity index (χ3v) is 4.06. The predicted molar refractivity (Wildman–Crippen MR) is 64.9 cm³/mol. The summed E-state index contributed by atoms with van der Waals surface area (Å²) in [6.45, 7) is 2.42. The third kappa shape index (κ3) is 1.65. The van der Waals surface area contributed by atoms with Crippen LogP contribution in [0, 0.1) is 11.7 Å². The molecule has 2 bridgehead atoms. The minimum atomic E-state index is -0.259. The quantitative estimate of drug-likeness (QED) is 0.732. The van der Waals surface area contributed by atoms with Crippen molar-refractivity contribution in [2.45, 2.75) is 32.2 Å². The molecular formula is C14H16FNO. The molecule has 0 radical (unpaired) electrons. The van der Waals surface area contributed by atoms with E-state index in [2.05, 4.69) is 4.90 Å². The molecule has 0 amide bonds. The van der Waals surface area contributed by atoms with E-state index in [1.165, 1.54) is 19.4 Å². The molecule has 1 heterocycles. The van der Waals surface area contributed by atoms with E-state index in [1.54, 1.807) is 12.1 Å². The topological polar surface area (TPSA) is 20.3 Å². The van der Waals surface area contributed by atoms with Crippen LogP contribution in [0.15, 0.2) is 18.2 Å². The highest BCUT2D eigenvalue weighted by atomic mass is 19.1. The average Bonchev–Trinajstić information content (AvgIpc) is 2.90. The van der Waals surface area contributed by atoms with Crippen molar-refractivity contribution >= 4 is 11.5 Å². The molecule has 1 saturated carbocycles.